The zero-order chi connectivity index (χ0) is 18.2. The van der Waals surface area contributed by atoms with E-state index in [1.165, 1.54) is 0 Å². The first-order valence-corrected chi connectivity index (χ1v) is 8.81. The minimum absolute atomic E-state index is 0.396. The molecule has 0 N–H and O–H groups in total. The Hall–Kier alpha value is -1.49. The maximum atomic E-state index is 6.08. The van der Waals surface area contributed by atoms with Gasteiger partial charge in [0.05, 0.1) is 37.5 Å². The molecule has 2 rings (SSSR count). The monoisotopic (exact) mass is 404 g/mol. The Labute approximate surface area is 162 Å². The van der Waals surface area contributed by atoms with E-state index in [-0.39, 0.29) is 0 Å². The topological polar surface area (TPSA) is 36.9 Å². The smallest absolute Gasteiger partial charge is 0.203 e. The Morgan fingerprint density at radius 2 is 1.24 bits per heavy atom. The van der Waals surface area contributed by atoms with E-state index in [0.29, 0.717) is 51.3 Å². The molecule has 0 fully saturated rings. The van der Waals surface area contributed by atoms with E-state index < -0.39 is 0 Å². The van der Waals surface area contributed by atoms with E-state index in [2.05, 4.69) is 0 Å². The fraction of sp³-hybridized carbons (Fsp3) is 0.333. The van der Waals surface area contributed by atoms with Crippen molar-refractivity contribution in [2.75, 3.05) is 27.4 Å². The van der Waals surface area contributed by atoms with E-state index in [9.17, 15) is 0 Å². The highest BCUT2D eigenvalue weighted by Crippen LogP contribution is 2.37. The lowest BCUT2D eigenvalue weighted by Gasteiger charge is -2.14. The van der Waals surface area contributed by atoms with Crippen molar-refractivity contribution in [3.63, 3.8) is 0 Å². The van der Waals surface area contributed by atoms with Crippen molar-refractivity contribution in [3.05, 3.63) is 45.4 Å². The van der Waals surface area contributed by atoms with Crippen LogP contribution in [0.4, 0.5) is 0 Å². The Balaban J connectivity index is 1.80. The van der Waals surface area contributed by atoms with Crippen LogP contribution in [-0.4, -0.2) is 27.4 Å². The van der Waals surface area contributed by atoms with Gasteiger partial charge in [-0.05, 0) is 37.1 Å². The van der Waals surface area contributed by atoms with Gasteiger partial charge in [-0.15, -0.1) is 0 Å². The molecule has 2 aromatic carbocycles. The quantitative estimate of drug-likeness (QED) is 0.487. The highest BCUT2D eigenvalue weighted by molar-refractivity contribution is 6.40. The number of ether oxygens (including phenoxy) is 4. The van der Waals surface area contributed by atoms with Gasteiger partial charge < -0.3 is 18.9 Å². The SMILES string of the molecule is COc1cccc(OC)c1OCCCCOc1c(Cl)cc(Cl)cc1Cl. The first-order valence-electron chi connectivity index (χ1n) is 7.68. The number of hydrogen-bond acceptors (Lipinski definition) is 4. The second-order valence-electron chi connectivity index (χ2n) is 5.09. The van der Waals surface area contributed by atoms with Gasteiger partial charge in [-0.25, -0.2) is 0 Å². The van der Waals surface area contributed by atoms with Gasteiger partial charge in [-0.3, -0.25) is 0 Å². The van der Waals surface area contributed by atoms with Gasteiger partial charge in [0.2, 0.25) is 5.75 Å². The summed E-state index contributed by atoms with van der Waals surface area (Å²) in [6, 6.07) is 8.69. The summed E-state index contributed by atoms with van der Waals surface area (Å²) in [6.45, 7) is 0.968. The van der Waals surface area contributed by atoms with Crippen LogP contribution in [0, 0.1) is 0 Å². The fourth-order valence-corrected chi connectivity index (χ4v) is 3.10. The van der Waals surface area contributed by atoms with Crippen LogP contribution in [0.5, 0.6) is 23.0 Å². The van der Waals surface area contributed by atoms with Gasteiger partial charge in [-0.1, -0.05) is 40.9 Å². The number of rotatable bonds is 9. The summed E-state index contributed by atoms with van der Waals surface area (Å²) in [7, 11) is 3.18. The molecule has 0 amide bonds. The lowest BCUT2D eigenvalue weighted by Crippen LogP contribution is -2.04. The van der Waals surface area contributed by atoms with E-state index >= 15 is 0 Å². The summed E-state index contributed by atoms with van der Waals surface area (Å²) in [5.74, 6) is 2.31. The minimum atomic E-state index is 0.396. The lowest BCUT2D eigenvalue weighted by molar-refractivity contribution is 0.249. The molecule has 7 heteroatoms. The van der Waals surface area contributed by atoms with E-state index in [1.807, 2.05) is 18.2 Å². The Morgan fingerprint density at radius 1 is 0.760 bits per heavy atom. The first-order chi connectivity index (χ1) is 12.1. The molecule has 0 heterocycles. The van der Waals surface area contributed by atoms with Crippen LogP contribution in [0.2, 0.25) is 15.1 Å². The van der Waals surface area contributed by atoms with Gasteiger partial charge in [0.25, 0.3) is 0 Å². The summed E-state index contributed by atoms with van der Waals surface area (Å²) in [5.41, 5.74) is 0. The van der Waals surface area contributed by atoms with Crippen LogP contribution in [0.1, 0.15) is 12.8 Å². The Bertz CT molecular complexity index is 661. The second kappa shape index (κ2) is 9.85. The van der Waals surface area contributed by atoms with Crippen LogP contribution in [0.3, 0.4) is 0 Å². The molecule has 0 saturated carbocycles. The van der Waals surface area contributed by atoms with Gasteiger partial charge in [0.1, 0.15) is 0 Å². The first kappa shape index (κ1) is 19.8. The molecule has 25 heavy (non-hydrogen) atoms. The van der Waals surface area contributed by atoms with Gasteiger partial charge in [0, 0.05) is 5.02 Å². The van der Waals surface area contributed by atoms with Crippen molar-refractivity contribution >= 4 is 34.8 Å². The van der Waals surface area contributed by atoms with Crippen molar-refractivity contribution < 1.29 is 18.9 Å². The maximum Gasteiger partial charge on any atom is 0.203 e. The van der Waals surface area contributed by atoms with Crippen molar-refractivity contribution in [1.82, 2.24) is 0 Å². The maximum absolute atomic E-state index is 6.08. The molecular weight excluding hydrogens is 387 g/mol. The summed E-state index contributed by atoms with van der Waals surface area (Å²) in [6.07, 6.45) is 1.55. The van der Waals surface area contributed by atoms with Crippen LogP contribution >= 0.6 is 34.8 Å². The third kappa shape index (κ3) is 5.50. The summed E-state index contributed by atoms with van der Waals surface area (Å²) >= 11 is 18.0. The van der Waals surface area contributed by atoms with Crippen LogP contribution < -0.4 is 18.9 Å². The molecule has 0 aliphatic rings. The molecular formula is C18H19Cl3O4. The zero-order valence-electron chi connectivity index (χ0n) is 14.0. The van der Waals surface area contributed by atoms with Crippen molar-refractivity contribution in [1.29, 1.82) is 0 Å². The number of para-hydroxylation sites is 1. The predicted molar refractivity (Wildman–Crippen MR) is 101 cm³/mol. The van der Waals surface area contributed by atoms with Crippen LogP contribution in [0.15, 0.2) is 30.3 Å². The standard InChI is InChI=1S/C18H19Cl3O4/c1-22-15-6-5-7-16(23-2)18(15)25-9-4-3-8-24-17-13(20)10-12(19)11-14(17)21/h5-7,10-11H,3-4,8-9H2,1-2H3. The number of hydrogen-bond donors (Lipinski definition) is 0. The second-order valence-corrected chi connectivity index (χ2v) is 6.35. The van der Waals surface area contributed by atoms with Gasteiger partial charge in [0.15, 0.2) is 17.2 Å². The lowest BCUT2D eigenvalue weighted by atomic mass is 10.3. The normalized spacial score (nSPS) is 10.4. The van der Waals surface area contributed by atoms with E-state index in [0.717, 1.165) is 12.8 Å². The average Bonchev–Trinajstić information content (AvgIpc) is 2.59. The number of methoxy groups -OCH3 is 2. The zero-order valence-corrected chi connectivity index (χ0v) is 16.2. The molecule has 0 atom stereocenters. The Morgan fingerprint density at radius 3 is 1.72 bits per heavy atom. The summed E-state index contributed by atoms with van der Waals surface area (Å²) in [4.78, 5) is 0. The van der Waals surface area contributed by atoms with Crippen molar-refractivity contribution in [3.8, 4) is 23.0 Å². The highest BCUT2D eigenvalue weighted by Gasteiger charge is 2.11. The largest absolute Gasteiger partial charge is 0.493 e. The molecule has 0 aliphatic carbocycles. The molecule has 2 aromatic rings. The summed E-state index contributed by atoms with van der Waals surface area (Å²) in [5, 5.41) is 1.27. The molecule has 0 saturated heterocycles. The van der Waals surface area contributed by atoms with E-state index in [4.69, 9.17) is 53.8 Å². The van der Waals surface area contributed by atoms with Crippen LogP contribution in [-0.2, 0) is 0 Å². The minimum Gasteiger partial charge on any atom is -0.493 e. The third-order valence-electron chi connectivity index (χ3n) is 3.38. The molecule has 0 bridgehead atoms. The molecule has 0 unspecified atom stereocenters. The highest BCUT2D eigenvalue weighted by atomic mass is 35.5. The van der Waals surface area contributed by atoms with Gasteiger partial charge >= 0.3 is 0 Å². The number of unbranched alkanes of at least 4 members (excludes halogenated alkanes) is 1. The molecule has 0 aliphatic heterocycles. The van der Waals surface area contributed by atoms with Gasteiger partial charge in [-0.2, -0.15) is 0 Å². The molecule has 0 radical (unpaired) electrons. The summed E-state index contributed by atoms with van der Waals surface area (Å²) < 4.78 is 22.0. The molecule has 0 aromatic heterocycles. The number of halogens is 3. The van der Waals surface area contributed by atoms with Crippen molar-refractivity contribution in [2.45, 2.75) is 12.8 Å². The Kier molecular flexibility index (Phi) is 7.82. The molecule has 136 valence electrons. The third-order valence-corrected chi connectivity index (χ3v) is 4.16. The fourth-order valence-electron chi connectivity index (χ4n) is 2.18. The van der Waals surface area contributed by atoms with E-state index in [1.54, 1.807) is 26.4 Å². The predicted octanol–water partition coefficient (Wildman–Crippen LogP) is 5.90. The van der Waals surface area contributed by atoms with Crippen LogP contribution in [0.25, 0.3) is 0 Å². The molecule has 0 spiro atoms. The molecule has 4 nitrogen and oxygen atoms in total. The average molecular weight is 406 g/mol. The van der Waals surface area contributed by atoms with Crippen molar-refractivity contribution in [2.24, 2.45) is 0 Å². The number of benzene rings is 2.